The molecule has 0 unspecified atom stereocenters. The number of pyridine rings is 1. The lowest BCUT2D eigenvalue weighted by Crippen LogP contribution is -2.47. The SMILES string of the molecule is CCOC(=O)N1CC[C@H](NS(C)(=O)=O)[C@@H]1Cc1cccc(-c2ccccc2)n1. The van der Waals surface area contributed by atoms with Crippen molar-refractivity contribution < 1.29 is 17.9 Å². The molecule has 7 nitrogen and oxygen atoms in total. The summed E-state index contributed by atoms with van der Waals surface area (Å²) in [6, 6.07) is 14.9. The van der Waals surface area contributed by atoms with Crippen molar-refractivity contribution in [3.05, 3.63) is 54.2 Å². The molecule has 1 aliphatic heterocycles. The summed E-state index contributed by atoms with van der Waals surface area (Å²) in [5.41, 5.74) is 2.64. The Balaban J connectivity index is 1.85. The number of nitrogens with one attached hydrogen (secondary N) is 1. The fourth-order valence-electron chi connectivity index (χ4n) is 3.53. The zero-order valence-electron chi connectivity index (χ0n) is 16.0. The van der Waals surface area contributed by atoms with E-state index in [1.165, 1.54) is 0 Å². The molecule has 0 saturated carbocycles. The van der Waals surface area contributed by atoms with Crippen LogP contribution in [0.4, 0.5) is 4.79 Å². The van der Waals surface area contributed by atoms with Gasteiger partial charge in [0.15, 0.2) is 0 Å². The van der Waals surface area contributed by atoms with Gasteiger partial charge in [-0.05, 0) is 25.5 Å². The Morgan fingerprint density at radius 2 is 1.96 bits per heavy atom. The minimum atomic E-state index is -3.39. The van der Waals surface area contributed by atoms with E-state index < -0.39 is 16.1 Å². The minimum Gasteiger partial charge on any atom is -0.450 e. The summed E-state index contributed by atoms with van der Waals surface area (Å²) in [6.07, 6.45) is 1.68. The highest BCUT2D eigenvalue weighted by atomic mass is 32.2. The quantitative estimate of drug-likeness (QED) is 0.800. The number of rotatable bonds is 6. The van der Waals surface area contributed by atoms with Gasteiger partial charge in [-0.1, -0.05) is 36.4 Å². The molecule has 1 aromatic carbocycles. The number of nitrogens with zero attached hydrogens (tertiary/aromatic N) is 2. The lowest BCUT2D eigenvalue weighted by molar-refractivity contribution is 0.101. The lowest BCUT2D eigenvalue weighted by Gasteiger charge is -2.27. The van der Waals surface area contributed by atoms with E-state index in [4.69, 9.17) is 9.72 Å². The smallest absolute Gasteiger partial charge is 0.410 e. The van der Waals surface area contributed by atoms with Crippen molar-refractivity contribution in [3.8, 4) is 11.3 Å². The molecule has 3 rings (SSSR count). The number of amides is 1. The molecule has 8 heteroatoms. The molecule has 1 fully saturated rings. The van der Waals surface area contributed by atoms with Crippen LogP contribution in [0.15, 0.2) is 48.5 Å². The van der Waals surface area contributed by atoms with Gasteiger partial charge in [-0.25, -0.2) is 17.9 Å². The van der Waals surface area contributed by atoms with Crippen molar-refractivity contribution in [2.45, 2.75) is 31.8 Å². The zero-order valence-corrected chi connectivity index (χ0v) is 16.9. The highest BCUT2D eigenvalue weighted by Gasteiger charge is 2.39. The number of ether oxygens (including phenoxy) is 1. The maximum absolute atomic E-state index is 12.4. The molecule has 150 valence electrons. The van der Waals surface area contributed by atoms with Gasteiger partial charge in [0.25, 0.3) is 0 Å². The average Bonchev–Trinajstić information content (AvgIpc) is 3.03. The van der Waals surface area contributed by atoms with Crippen molar-refractivity contribution in [3.63, 3.8) is 0 Å². The van der Waals surface area contributed by atoms with E-state index in [1.54, 1.807) is 11.8 Å². The van der Waals surface area contributed by atoms with Crippen LogP contribution in [0.25, 0.3) is 11.3 Å². The first kappa shape index (κ1) is 20.3. The summed E-state index contributed by atoms with van der Waals surface area (Å²) < 4.78 is 31.3. The molecule has 1 N–H and O–H groups in total. The number of carbonyl (C=O) groups is 1. The molecule has 1 amide bonds. The van der Waals surface area contributed by atoms with Crippen LogP contribution in [-0.2, 0) is 21.2 Å². The van der Waals surface area contributed by atoms with Gasteiger partial charge in [0.1, 0.15) is 0 Å². The minimum absolute atomic E-state index is 0.272. The predicted octanol–water partition coefficient (Wildman–Crippen LogP) is 2.44. The predicted molar refractivity (Wildman–Crippen MR) is 107 cm³/mol. The second-order valence-corrected chi connectivity index (χ2v) is 8.61. The van der Waals surface area contributed by atoms with Gasteiger partial charge in [-0.2, -0.15) is 0 Å². The Bertz CT molecular complexity index is 918. The first-order valence-corrected chi connectivity index (χ1v) is 11.2. The number of aromatic nitrogens is 1. The third-order valence-corrected chi connectivity index (χ3v) is 5.44. The third-order valence-electron chi connectivity index (χ3n) is 4.71. The van der Waals surface area contributed by atoms with Crippen molar-refractivity contribution in [1.82, 2.24) is 14.6 Å². The molecule has 0 spiro atoms. The molecule has 1 aromatic heterocycles. The van der Waals surface area contributed by atoms with Crippen molar-refractivity contribution in [2.75, 3.05) is 19.4 Å². The van der Waals surface area contributed by atoms with E-state index in [0.717, 1.165) is 23.2 Å². The van der Waals surface area contributed by atoms with Gasteiger partial charge in [-0.15, -0.1) is 0 Å². The van der Waals surface area contributed by atoms with E-state index >= 15 is 0 Å². The summed E-state index contributed by atoms with van der Waals surface area (Å²) in [6.45, 7) is 2.46. The Hall–Kier alpha value is -2.45. The van der Waals surface area contributed by atoms with E-state index in [1.807, 2.05) is 48.5 Å². The second-order valence-electron chi connectivity index (χ2n) is 6.83. The summed E-state index contributed by atoms with van der Waals surface area (Å²) >= 11 is 0. The summed E-state index contributed by atoms with van der Waals surface area (Å²) in [5.74, 6) is 0. The van der Waals surface area contributed by atoms with E-state index in [-0.39, 0.29) is 18.7 Å². The Morgan fingerprint density at radius 1 is 1.21 bits per heavy atom. The van der Waals surface area contributed by atoms with Gasteiger partial charge in [0, 0.05) is 30.3 Å². The van der Waals surface area contributed by atoms with Gasteiger partial charge >= 0.3 is 6.09 Å². The number of hydrogen-bond donors (Lipinski definition) is 1. The van der Waals surface area contributed by atoms with Crippen molar-refractivity contribution in [1.29, 1.82) is 0 Å². The number of hydrogen-bond acceptors (Lipinski definition) is 5. The average molecular weight is 404 g/mol. The zero-order chi connectivity index (χ0) is 20.1. The van der Waals surface area contributed by atoms with Crippen LogP contribution >= 0.6 is 0 Å². The first-order chi connectivity index (χ1) is 13.4. The number of benzene rings is 1. The summed E-state index contributed by atoms with van der Waals surface area (Å²) in [7, 11) is -3.39. The van der Waals surface area contributed by atoms with Gasteiger partial charge in [0.05, 0.1) is 24.6 Å². The molecular weight excluding hydrogens is 378 g/mol. The fraction of sp³-hybridized carbons (Fsp3) is 0.400. The summed E-state index contributed by atoms with van der Waals surface area (Å²) in [5, 5.41) is 0. The third kappa shape index (κ3) is 5.08. The molecule has 28 heavy (non-hydrogen) atoms. The van der Waals surface area contributed by atoms with Gasteiger partial charge in [-0.3, -0.25) is 4.98 Å². The van der Waals surface area contributed by atoms with E-state index in [9.17, 15) is 13.2 Å². The molecule has 0 aliphatic carbocycles. The Labute approximate surface area is 165 Å². The fourth-order valence-corrected chi connectivity index (χ4v) is 4.35. The number of carbonyl (C=O) groups excluding carboxylic acids is 1. The largest absolute Gasteiger partial charge is 0.450 e. The molecule has 0 radical (unpaired) electrons. The van der Waals surface area contributed by atoms with Crippen LogP contribution in [0.2, 0.25) is 0 Å². The maximum atomic E-state index is 12.4. The highest BCUT2D eigenvalue weighted by Crippen LogP contribution is 2.24. The van der Waals surface area contributed by atoms with E-state index in [2.05, 4.69) is 4.72 Å². The monoisotopic (exact) mass is 403 g/mol. The van der Waals surface area contributed by atoms with Gasteiger partial charge < -0.3 is 9.64 Å². The molecule has 2 heterocycles. The van der Waals surface area contributed by atoms with Gasteiger partial charge in [0.2, 0.25) is 10.0 Å². The molecule has 2 atom stereocenters. The van der Waals surface area contributed by atoms with Crippen LogP contribution < -0.4 is 4.72 Å². The highest BCUT2D eigenvalue weighted by molar-refractivity contribution is 7.88. The normalized spacial score (nSPS) is 19.6. The number of likely N-dealkylation sites (tertiary alicyclic amines) is 1. The Morgan fingerprint density at radius 3 is 2.64 bits per heavy atom. The van der Waals surface area contributed by atoms with E-state index in [0.29, 0.717) is 19.4 Å². The van der Waals surface area contributed by atoms with Crippen LogP contribution in [0.1, 0.15) is 19.0 Å². The molecular formula is C20H25N3O4S. The molecule has 0 bridgehead atoms. The van der Waals surface area contributed by atoms with Crippen LogP contribution in [0.5, 0.6) is 0 Å². The first-order valence-electron chi connectivity index (χ1n) is 9.29. The summed E-state index contributed by atoms with van der Waals surface area (Å²) in [4.78, 5) is 18.7. The molecule has 1 aliphatic rings. The van der Waals surface area contributed by atoms with Crippen LogP contribution in [0, 0.1) is 0 Å². The molecule has 2 aromatic rings. The van der Waals surface area contributed by atoms with Crippen molar-refractivity contribution in [2.24, 2.45) is 0 Å². The Kier molecular flexibility index (Phi) is 6.31. The topological polar surface area (TPSA) is 88.6 Å². The second kappa shape index (κ2) is 8.70. The lowest BCUT2D eigenvalue weighted by atomic mass is 10.0. The van der Waals surface area contributed by atoms with Crippen LogP contribution in [-0.4, -0.2) is 55.9 Å². The van der Waals surface area contributed by atoms with Crippen molar-refractivity contribution >= 4 is 16.1 Å². The number of sulfonamides is 1. The maximum Gasteiger partial charge on any atom is 0.410 e. The van der Waals surface area contributed by atoms with Crippen LogP contribution in [0.3, 0.4) is 0 Å². The standard InChI is InChI=1S/C20H25N3O4S/c1-3-27-20(24)23-13-12-18(22-28(2,25)26)19(23)14-16-10-7-11-17(21-16)15-8-5-4-6-9-15/h4-11,18-19,22H,3,12-14H2,1-2H3/t18-,19-/m0/s1. The molecule has 1 saturated heterocycles.